The van der Waals surface area contributed by atoms with E-state index in [-0.39, 0.29) is 17.8 Å². The topological polar surface area (TPSA) is 56.9 Å². The lowest BCUT2D eigenvalue weighted by Crippen LogP contribution is -2.24. The molecule has 0 spiro atoms. The Labute approximate surface area is 185 Å². The summed E-state index contributed by atoms with van der Waals surface area (Å²) in [6.07, 6.45) is 3.29. The Balaban J connectivity index is 1.31. The number of halogens is 1. The molecular weight excluding hydrogens is 401 g/mol. The highest BCUT2D eigenvalue weighted by Gasteiger charge is 2.24. The van der Waals surface area contributed by atoms with Crippen molar-refractivity contribution in [2.75, 3.05) is 0 Å². The fourth-order valence-electron chi connectivity index (χ4n) is 5.10. The predicted molar refractivity (Wildman–Crippen MR) is 124 cm³/mol. The van der Waals surface area contributed by atoms with E-state index in [2.05, 4.69) is 39.9 Å². The number of aryl methyl sites for hydroxylation is 1. The average Bonchev–Trinajstić information content (AvgIpc) is 3.38. The zero-order chi connectivity index (χ0) is 21.7. The lowest BCUT2D eigenvalue weighted by atomic mass is 9.90. The van der Waals surface area contributed by atoms with E-state index in [0.717, 1.165) is 47.0 Å². The maximum absolute atomic E-state index is 13.2. The van der Waals surface area contributed by atoms with Gasteiger partial charge in [-0.15, -0.1) is 0 Å². The summed E-state index contributed by atoms with van der Waals surface area (Å²) in [4.78, 5) is 15.5. The maximum atomic E-state index is 13.2. The number of carbonyl (C=O) groups excluding carboxylic acids is 1. The third kappa shape index (κ3) is 3.30. The number of carbonyl (C=O) groups is 1. The number of fused-ring (bicyclic) bond motifs is 4. The molecule has 2 aliphatic rings. The summed E-state index contributed by atoms with van der Waals surface area (Å²) in [5.41, 5.74) is 9.06. The summed E-state index contributed by atoms with van der Waals surface area (Å²) >= 11 is 0. The van der Waals surface area contributed by atoms with Crippen molar-refractivity contribution in [1.82, 2.24) is 15.6 Å². The van der Waals surface area contributed by atoms with Gasteiger partial charge in [-0.1, -0.05) is 24.3 Å². The van der Waals surface area contributed by atoms with Crippen molar-refractivity contribution >= 4 is 16.8 Å². The minimum atomic E-state index is -0.202. The Morgan fingerprint density at radius 3 is 2.69 bits per heavy atom. The van der Waals surface area contributed by atoms with Gasteiger partial charge in [0.2, 0.25) is 0 Å². The second kappa shape index (κ2) is 7.61. The van der Waals surface area contributed by atoms with Gasteiger partial charge in [0, 0.05) is 41.3 Å². The van der Waals surface area contributed by atoms with Crippen molar-refractivity contribution in [1.29, 1.82) is 0 Å². The van der Waals surface area contributed by atoms with Crippen LogP contribution in [0, 0.1) is 5.82 Å². The second-order valence-electron chi connectivity index (χ2n) is 8.78. The van der Waals surface area contributed by atoms with Gasteiger partial charge >= 0.3 is 0 Å². The quantitative estimate of drug-likeness (QED) is 0.411. The number of nitrogens with one attached hydrogen (secondary N) is 3. The van der Waals surface area contributed by atoms with E-state index in [1.54, 1.807) is 0 Å². The molecular formula is C27H24FN3O. The summed E-state index contributed by atoms with van der Waals surface area (Å²) < 4.78 is 13.2. The number of aromatic amines is 1. The molecule has 1 aromatic heterocycles. The van der Waals surface area contributed by atoms with Crippen LogP contribution in [0.15, 0.2) is 60.7 Å². The molecule has 0 bridgehead atoms. The van der Waals surface area contributed by atoms with Crippen LogP contribution in [-0.4, -0.2) is 10.9 Å². The molecule has 0 fully saturated rings. The van der Waals surface area contributed by atoms with Gasteiger partial charge in [-0.2, -0.15) is 0 Å². The lowest BCUT2D eigenvalue weighted by Gasteiger charge is -2.24. The highest BCUT2D eigenvalue weighted by molar-refractivity contribution is 5.99. The Kier molecular flexibility index (Phi) is 4.58. The lowest BCUT2D eigenvalue weighted by molar-refractivity contribution is 0.0966. The van der Waals surface area contributed by atoms with Gasteiger partial charge in [-0.3, -0.25) is 4.79 Å². The third-order valence-electron chi connectivity index (χ3n) is 6.80. The number of hydrogen-bond acceptors (Lipinski definition) is 2. The molecule has 1 amide bonds. The van der Waals surface area contributed by atoms with Crippen LogP contribution in [0.4, 0.5) is 4.39 Å². The van der Waals surface area contributed by atoms with Gasteiger partial charge < -0.3 is 15.6 Å². The fourth-order valence-corrected chi connectivity index (χ4v) is 5.10. The highest BCUT2D eigenvalue weighted by Crippen LogP contribution is 2.37. The van der Waals surface area contributed by atoms with Crippen LogP contribution in [0.5, 0.6) is 0 Å². The molecule has 4 nitrogen and oxygen atoms in total. The van der Waals surface area contributed by atoms with Crippen LogP contribution >= 0.6 is 0 Å². The van der Waals surface area contributed by atoms with E-state index in [4.69, 9.17) is 0 Å². The largest absolute Gasteiger partial charge is 0.357 e. The Hall–Kier alpha value is -3.44. The van der Waals surface area contributed by atoms with Crippen molar-refractivity contribution < 1.29 is 9.18 Å². The molecule has 3 N–H and O–H groups in total. The number of H-pyrrole nitrogens is 1. The van der Waals surface area contributed by atoms with Crippen LogP contribution in [0.2, 0.25) is 0 Å². The van der Waals surface area contributed by atoms with Gasteiger partial charge in [-0.25, -0.2) is 4.39 Å². The number of amides is 1. The Morgan fingerprint density at radius 2 is 1.81 bits per heavy atom. The first kappa shape index (κ1) is 19.3. The highest BCUT2D eigenvalue weighted by atomic mass is 19.1. The van der Waals surface area contributed by atoms with Gasteiger partial charge in [0.25, 0.3) is 5.91 Å². The summed E-state index contributed by atoms with van der Waals surface area (Å²) in [5.74, 6) is -0.188. The standard InChI is InChI=1S/C27H24FN3O/c28-20-8-4-16(5-9-20)14-29-25-3-1-2-22-23-13-18(7-11-24(23)31-26(22)25)17-6-10-21-19(12-17)15-30-27(21)32/h4-13,25,29,31H,1-3,14-15H2,(H,30,32). The predicted octanol–water partition coefficient (Wildman–Crippen LogP) is 5.38. The first-order chi connectivity index (χ1) is 15.7. The second-order valence-corrected chi connectivity index (χ2v) is 8.78. The van der Waals surface area contributed by atoms with Crippen molar-refractivity contribution in [3.05, 3.63) is 94.4 Å². The van der Waals surface area contributed by atoms with Crippen LogP contribution in [0.25, 0.3) is 22.0 Å². The Morgan fingerprint density at radius 1 is 1.00 bits per heavy atom. The molecule has 6 rings (SSSR count). The fraction of sp³-hybridized carbons (Fsp3) is 0.222. The molecule has 1 unspecified atom stereocenters. The average molecular weight is 426 g/mol. The van der Waals surface area contributed by atoms with E-state index in [1.165, 1.54) is 34.3 Å². The van der Waals surface area contributed by atoms with E-state index in [1.807, 2.05) is 24.3 Å². The molecule has 32 heavy (non-hydrogen) atoms. The first-order valence-corrected chi connectivity index (χ1v) is 11.2. The number of aromatic nitrogens is 1. The zero-order valence-corrected chi connectivity index (χ0v) is 17.7. The molecule has 2 heterocycles. The monoisotopic (exact) mass is 425 g/mol. The van der Waals surface area contributed by atoms with Gasteiger partial charge in [0.1, 0.15) is 5.82 Å². The Bertz CT molecular complexity index is 1340. The van der Waals surface area contributed by atoms with Gasteiger partial charge in [0.15, 0.2) is 0 Å². The SMILES string of the molecule is O=C1NCc2cc(-c3ccc4[nH]c5c(c4c3)CCCC5NCc3ccc(F)cc3)ccc21. The number of rotatable bonds is 4. The summed E-state index contributed by atoms with van der Waals surface area (Å²) in [7, 11) is 0. The van der Waals surface area contributed by atoms with Crippen molar-refractivity contribution in [2.24, 2.45) is 0 Å². The van der Waals surface area contributed by atoms with Crippen molar-refractivity contribution in [2.45, 2.75) is 38.4 Å². The molecule has 0 saturated carbocycles. The molecule has 160 valence electrons. The van der Waals surface area contributed by atoms with Crippen molar-refractivity contribution in [3.8, 4) is 11.1 Å². The molecule has 5 heteroatoms. The molecule has 1 atom stereocenters. The van der Waals surface area contributed by atoms with Gasteiger partial charge in [0.05, 0.1) is 0 Å². The van der Waals surface area contributed by atoms with E-state index in [0.29, 0.717) is 13.1 Å². The van der Waals surface area contributed by atoms with E-state index in [9.17, 15) is 9.18 Å². The molecule has 1 aliphatic carbocycles. The normalized spacial score (nSPS) is 17.3. The van der Waals surface area contributed by atoms with Gasteiger partial charge in [-0.05, 0) is 83.5 Å². The van der Waals surface area contributed by atoms with Crippen LogP contribution in [-0.2, 0) is 19.5 Å². The van der Waals surface area contributed by atoms with Crippen LogP contribution in [0.3, 0.4) is 0 Å². The maximum Gasteiger partial charge on any atom is 0.251 e. The molecule has 0 saturated heterocycles. The van der Waals surface area contributed by atoms with Crippen LogP contribution in [0.1, 0.15) is 51.6 Å². The molecule has 1 aliphatic heterocycles. The molecule has 3 aromatic carbocycles. The summed E-state index contributed by atoms with van der Waals surface area (Å²) in [5, 5.41) is 7.83. The number of hydrogen-bond donors (Lipinski definition) is 3. The third-order valence-corrected chi connectivity index (χ3v) is 6.80. The summed E-state index contributed by atoms with van der Waals surface area (Å²) in [6.45, 7) is 1.32. The summed E-state index contributed by atoms with van der Waals surface area (Å²) in [6, 6.07) is 19.6. The van der Waals surface area contributed by atoms with E-state index >= 15 is 0 Å². The molecule has 0 radical (unpaired) electrons. The minimum Gasteiger partial charge on any atom is -0.357 e. The molecule has 4 aromatic rings. The smallest absolute Gasteiger partial charge is 0.251 e. The van der Waals surface area contributed by atoms with Crippen molar-refractivity contribution in [3.63, 3.8) is 0 Å². The number of benzene rings is 3. The minimum absolute atomic E-state index is 0.0147. The van der Waals surface area contributed by atoms with E-state index < -0.39 is 0 Å². The first-order valence-electron chi connectivity index (χ1n) is 11.2. The zero-order valence-electron chi connectivity index (χ0n) is 17.7. The van der Waals surface area contributed by atoms with Crippen LogP contribution < -0.4 is 10.6 Å².